The fourth-order valence-corrected chi connectivity index (χ4v) is 3.67. The lowest BCUT2D eigenvalue weighted by Crippen LogP contribution is -2.38. The maximum Gasteiger partial charge on any atom is 0.223 e. The summed E-state index contributed by atoms with van der Waals surface area (Å²) < 4.78 is 5.31. The van der Waals surface area contributed by atoms with E-state index in [2.05, 4.69) is 32.2 Å². The van der Waals surface area contributed by atoms with Crippen LogP contribution >= 0.6 is 0 Å². The van der Waals surface area contributed by atoms with Crippen molar-refractivity contribution in [1.29, 1.82) is 0 Å². The van der Waals surface area contributed by atoms with Crippen LogP contribution in [-0.2, 0) is 4.79 Å². The van der Waals surface area contributed by atoms with Crippen molar-refractivity contribution in [2.24, 2.45) is 11.8 Å². The summed E-state index contributed by atoms with van der Waals surface area (Å²) in [5.74, 6) is 2.14. The van der Waals surface area contributed by atoms with E-state index in [4.69, 9.17) is 4.74 Å². The quantitative estimate of drug-likeness (QED) is 0.829. The van der Waals surface area contributed by atoms with E-state index in [9.17, 15) is 4.79 Å². The molecule has 134 valence electrons. The van der Waals surface area contributed by atoms with Crippen LogP contribution in [0.3, 0.4) is 0 Å². The highest BCUT2D eigenvalue weighted by molar-refractivity contribution is 5.77. The molecule has 3 atom stereocenters. The normalized spacial score (nSPS) is 20.2. The molecular weight excluding hydrogens is 300 g/mol. The highest BCUT2D eigenvalue weighted by Crippen LogP contribution is 2.27. The Bertz CT molecular complexity index is 526. The Hall–Kier alpha value is -1.55. The van der Waals surface area contributed by atoms with Gasteiger partial charge in [0.15, 0.2) is 0 Å². The average Bonchev–Trinajstić information content (AvgIpc) is 2.63. The summed E-state index contributed by atoms with van der Waals surface area (Å²) in [6, 6.07) is 8.08. The van der Waals surface area contributed by atoms with Crippen molar-refractivity contribution >= 4 is 5.91 Å². The number of nitrogens with zero attached hydrogens (tertiary/aromatic N) is 1. The van der Waals surface area contributed by atoms with Crippen LogP contribution in [0.1, 0.15) is 51.6 Å². The molecule has 1 heterocycles. The molecule has 1 N–H and O–H groups in total. The number of hydrogen-bond donors (Lipinski definition) is 1. The first-order valence-corrected chi connectivity index (χ1v) is 9.21. The predicted octanol–water partition coefficient (Wildman–Crippen LogP) is 3.63. The second kappa shape index (κ2) is 9.07. The lowest BCUT2D eigenvalue weighted by atomic mass is 9.85. The molecule has 1 aliphatic heterocycles. The number of nitrogens with one attached hydrogen (secondary N) is 1. The topological polar surface area (TPSA) is 41.6 Å². The number of benzene rings is 1. The SMILES string of the molecule is CCN(C(=O)CC(C)C1CCCNC1)C(C)c1cccc(OC)c1. The molecule has 1 aliphatic rings. The van der Waals surface area contributed by atoms with Crippen LogP contribution in [0, 0.1) is 11.8 Å². The molecule has 4 heteroatoms. The Morgan fingerprint density at radius 2 is 2.21 bits per heavy atom. The molecule has 0 radical (unpaired) electrons. The fourth-order valence-electron chi connectivity index (χ4n) is 3.67. The number of piperidine rings is 1. The van der Waals surface area contributed by atoms with E-state index in [0.717, 1.165) is 30.9 Å². The summed E-state index contributed by atoms with van der Waals surface area (Å²) in [5.41, 5.74) is 1.12. The van der Waals surface area contributed by atoms with Crippen molar-refractivity contribution in [2.45, 2.75) is 46.1 Å². The number of amides is 1. The van der Waals surface area contributed by atoms with Crippen LogP contribution < -0.4 is 10.1 Å². The van der Waals surface area contributed by atoms with Crippen molar-refractivity contribution in [1.82, 2.24) is 10.2 Å². The van der Waals surface area contributed by atoms with Gasteiger partial charge in [-0.3, -0.25) is 4.79 Å². The zero-order valence-electron chi connectivity index (χ0n) is 15.5. The number of rotatable bonds is 7. The van der Waals surface area contributed by atoms with E-state index < -0.39 is 0 Å². The first kappa shape index (κ1) is 18.8. The molecule has 0 aliphatic carbocycles. The lowest BCUT2D eigenvalue weighted by Gasteiger charge is -2.32. The van der Waals surface area contributed by atoms with E-state index in [-0.39, 0.29) is 11.9 Å². The minimum absolute atomic E-state index is 0.0641. The Balaban J connectivity index is 2.01. The predicted molar refractivity (Wildman–Crippen MR) is 98.2 cm³/mol. The number of methoxy groups -OCH3 is 1. The molecule has 0 aromatic heterocycles. The van der Waals surface area contributed by atoms with Crippen molar-refractivity contribution in [3.63, 3.8) is 0 Å². The zero-order valence-corrected chi connectivity index (χ0v) is 15.5. The van der Waals surface area contributed by atoms with Crippen molar-refractivity contribution in [3.05, 3.63) is 29.8 Å². The molecule has 1 aromatic carbocycles. The van der Waals surface area contributed by atoms with Gasteiger partial charge in [-0.15, -0.1) is 0 Å². The second-order valence-electron chi connectivity index (χ2n) is 6.92. The van der Waals surface area contributed by atoms with Gasteiger partial charge >= 0.3 is 0 Å². The fraction of sp³-hybridized carbons (Fsp3) is 0.650. The van der Waals surface area contributed by atoms with Crippen LogP contribution in [0.15, 0.2) is 24.3 Å². The maximum atomic E-state index is 12.9. The number of hydrogen-bond acceptors (Lipinski definition) is 3. The van der Waals surface area contributed by atoms with Gasteiger partial charge in [0, 0.05) is 13.0 Å². The van der Waals surface area contributed by atoms with E-state index in [1.807, 2.05) is 23.1 Å². The molecule has 24 heavy (non-hydrogen) atoms. The van der Waals surface area contributed by atoms with Gasteiger partial charge in [0.1, 0.15) is 5.75 Å². The third kappa shape index (κ3) is 4.73. The molecule has 1 fully saturated rings. The minimum atomic E-state index is 0.0641. The largest absolute Gasteiger partial charge is 0.497 e. The lowest BCUT2D eigenvalue weighted by molar-refractivity contribution is -0.134. The van der Waals surface area contributed by atoms with Crippen LogP contribution in [0.2, 0.25) is 0 Å². The van der Waals surface area contributed by atoms with Gasteiger partial charge in [-0.2, -0.15) is 0 Å². The highest BCUT2D eigenvalue weighted by atomic mass is 16.5. The summed E-state index contributed by atoms with van der Waals surface area (Å²) in [7, 11) is 1.67. The van der Waals surface area contributed by atoms with Gasteiger partial charge in [-0.1, -0.05) is 19.1 Å². The molecule has 4 nitrogen and oxygen atoms in total. The Kier molecular flexibility index (Phi) is 7.10. The van der Waals surface area contributed by atoms with Crippen LogP contribution in [0.25, 0.3) is 0 Å². The van der Waals surface area contributed by atoms with Gasteiger partial charge in [0.25, 0.3) is 0 Å². The molecule has 2 rings (SSSR count). The molecule has 1 amide bonds. The van der Waals surface area contributed by atoms with Crippen molar-refractivity contribution < 1.29 is 9.53 Å². The number of carbonyl (C=O) groups excluding carboxylic acids is 1. The van der Waals surface area contributed by atoms with E-state index in [0.29, 0.717) is 18.3 Å². The summed E-state index contributed by atoms with van der Waals surface area (Å²) in [5, 5.41) is 3.45. The Morgan fingerprint density at radius 1 is 1.42 bits per heavy atom. The van der Waals surface area contributed by atoms with Crippen LogP contribution in [-0.4, -0.2) is 37.6 Å². The minimum Gasteiger partial charge on any atom is -0.497 e. The van der Waals surface area contributed by atoms with Gasteiger partial charge in [-0.05, 0) is 69.3 Å². The van der Waals surface area contributed by atoms with E-state index in [1.165, 1.54) is 12.8 Å². The molecule has 0 saturated carbocycles. The number of ether oxygens (including phenoxy) is 1. The molecule has 0 spiro atoms. The monoisotopic (exact) mass is 332 g/mol. The highest BCUT2D eigenvalue weighted by Gasteiger charge is 2.26. The zero-order chi connectivity index (χ0) is 17.5. The van der Waals surface area contributed by atoms with E-state index in [1.54, 1.807) is 7.11 Å². The van der Waals surface area contributed by atoms with Crippen molar-refractivity contribution in [3.8, 4) is 5.75 Å². The molecule has 0 bridgehead atoms. The molecule has 3 unspecified atom stereocenters. The standard InChI is InChI=1S/C20H32N2O2/c1-5-22(16(3)17-8-6-10-19(13-17)24-4)20(23)12-15(2)18-9-7-11-21-14-18/h6,8,10,13,15-16,18,21H,5,7,9,11-12,14H2,1-4H3. The smallest absolute Gasteiger partial charge is 0.223 e. The van der Waals surface area contributed by atoms with Gasteiger partial charge in [0.2, 0.25) is 5.91 Å². The summed E-state index contributed by atoms with van der Waals surface area (Å²) in [6.07, 6.45) is 3.09. The first-order chi connectivity index (χ1) is 11.6. The first-order valence-electron chi connectivity index (χ1n) is 9.21. The summed E-state index contributed by atoms with van der Waals surface area (Å²) in [4.78, 5) is 14.9. The number of carbonyl (C=O) groups is 1. The second-order valence-corrected chi connectivity index (χ2v) is 6.92. The molecule has 1 saturated heterocycles. The maximum absolute atomic E-state index is 12.9. The average molecular weight is 332 g/mol. The third-order valence-corrected chi connectivity index (χ3v) is 5.34. The van der Waals surface area contributed by atoms with Crippen molar-refractivity contribution in [2.75, 3.05) is 26.7 Å². The van der Waals surface area contributed by atoms with Gasteiger partial charge in [0.05, 0.1) is 13.2 Å². The Labute approximate surface area is 146 Å². The summed E-state index contributed by atoms with van der Waals surface area (Å²) in [6.45, 7) is 9.27. The van der Waals surface area contributed by atoms with Gasteiger partial charge < -0.3 is 15.0 Å². The van der Waals surface area contributed by atoms with Crippen LogP contribution in [0.4, 0.5) is 0 Å². The molecule has 1 aromatic rings. The van der Waals surface area contributed by atoms with Gasteiger partial charge in [-0.25, -0.2) is 0 Å². The summed E-state index contributed by atoms with van der Waals surface area (Å²) >= 11 is 0. The molecular formula is C20H32N2O2. The third-order valence-electron chi connectivity index (χ3n) is 5.34. The van der Waals surface area contributed by atoms with Crippen LogP contribution in [0.5, 0.6) is 5.75 Å². The van der Waals surface area contributed by atoms with E-state index >= 15 is 0 Å². The Morgan fingerprint density at radius 3 is 2.83 bits per heavy atom.